The minimum atomic E-state index is -3.54. The van der Waals surface area contributed by atoms with E-state index < -0.39 is 10.0 Å². The Morgan fingerprint density at radius 2 is 2.15 bits per heavy atom. The smallest absolute Gasteiger partial charge is 0.244 e. The van der Waals surface area contributed by atoms with Crippen molar-refractivity contribution in [1.82, 2.24) is 4.31 Å². The van der Waals surface area contributed by atoms with E-state index in [1.807, 2.05) is 6.92 Å². The average molecular weight is 318 g/mol. The van der Waals surface area contributed by atoms with Crippen LogP contribution in [0.4, 0.5) is 0 Å². The zero-order valence-electron chi connectivity index (χ0n) is 11.6. The third kappa shape index (κ3) is 3.52. The molecule has 1 saturated heterocycles. The van der Waals surface area contributed by atoms with Crippen LogP contribution in [0.3, 0.4) is 0 Å². The van der Waals surface area contributed by atoms with Crippen molar-refractivity contribution < 1.29 is 13.2 Å². The third-order valence-corrected chi connectivity index (χ3v) is 5.78. The predicted molar refractivity (Wildman–Crippen MR) is 79.4 cm³/mol. The molecule has 1 unspecified atom stereocenters. The van der Waals surface area contributed by atoms with Crippen LogP contribution < -0.4 is 0 Å². The van der Waals surface area contributed by atoms with Gasteiger partial charge in [-0.1, -0.05) is 30.7 Å². The molecule has 0 N–H and O–H groups in total. The number of sulfonamides is 1. The molecule has 0 bridgehead atoms. The topological polar surface area (TPSA) is 46.6 Å². The molecule has 2 rings (SSSR count). The Hall–Kier alpha value is -0.620. The fraction of sp³-hybridized carbons (Fsp3) is 0.571. The lowest BCUT2D eigenvalue weighted by molar-refractivity contribution is 0.180. The Balaban J connectivity index is 2.24. The molecule has 1 aliphatic rings. The first-order valence-corrected chi connectivity index (χ1v) is 8.70. The van der Waals surface area contributed by atoms with E-state index in [1.54, 1.807) is 24.3 Å². The fourth-order valence-electron chi connectivity index (χ4n) is 2.37. The standard InChI is InChI=1S/C14H20ClNO3S/c1-2-8-16(10-12-7-9-19-11-12)20(17,18)14-6-4-3-5-13(14)15/h3-6,12H,2,7-11H2,1H3. The maximum Gasteiger partial charge on any atom is 0.244 e. The van der Waals surface area contributed by atoms with Gasteiger partial charge in [0.15, 0.2) is 0 Å². The van der Waals surface area contributed by atoms with Crippen molar-refractivity contribution in [2.24, 2.45) is 5.92 Å². The first-order chi connectivity index (χ1) is 9.55. The first kappa shape index (κ1) is 15.8. The molecule has 1 aromatic carbocycles. The van der Waals surface area contributed by atoms with E-state index in [0.29, 0.717) is 19.7 Å². The number of hydrogen-bond acceptors (Lipinski definition) is 3. The summed E-state index contributed by atoms with van der Waals surface area (Å²) in [4.78, 5) is 0.189. The molecule has 0 saturated carbocycles. The van der Waals surface area contributed by atoms with Gasteiger partial charge < -0.3 is 4.74 Å². The largest absolute Gasteiger partial charge is 0.381 e. The first-order valence-electron chi connectivity index (χ1n) is 6.88. The van der Waals surface area contributed by atoms with Crippen LogP contribution >= 0.6 is 11.6 Å². The number of rotatable bonds is 6. The van der Waals surface area contributed by atoms with Crippen molar-refractivity contribution in [1.29, 1.82) is 0 Å². The van der Waals surface area contributed by atoms with Crippen LogP contribution in [-0.4, -0.2) is 39.0 Å². The Labute approximate surface area is 125 Å². The summed E-state index contributed by atoms with van der Waals surface area (Å²) in [6, 6.07) is 6.60. The zero-order valence-corrected chi connectivity index (χ0v) is 13.2. The summed E-state index contributed by atoms with van der Waals surface area (Å²) < 4.78 is 32.3. The van der Waals surface area contributed by atoms with Gasteiger partial charge in [0.25, 0.3) is 0 Å². The molecule has 1 aliphatic heterocycles. The molecule has 0 aromatic heterocycles. The monoisotopic (exact) mass is 317 g/mol. The van der Waals surface area contributed by atoms with Crippen LogP contribution in [0.2, 0.25) is 5.02 Å². The highest BCUT2D eigenvalue weighted by atomic mass is 35.5. The van der Waals surface area contributed by atoms with Gasteiger partial charge in [0.1, 0.15) is 4.90 Å². The van der Waals surface area contributed by atoms with Gasteiger partial charge in [0.05, 0.1) is 11.6 Å². The van der Waals surface area contributed by atoms with Gasteiger partial charge in [-0.05, 0) is 30.9 Å². The Morgan fingerprint density at radius 3 is 2.75 bits per heavy atom. The van der Waals surface area contributed by atoms with Gasteiger partial charge in [-0.15, -0.1) is 0 Å². The van der Waals surface area contributed by atoms with Crippen LogP contribution in [0, 0.1) is 5.92 Å². The predicted octanol–water partition coefficient (Wildman–Crippen LogP) is 2.78. The van der Waals surface area contributed by atoms with Crippen molar-refractivity contribution in [2.75, 3.05) is 26.3 Å². The van der Waals surface area contributed by atoms with Crippen LogP contribution in [0.1, 0.15) is 19.8 Å². The summed E-state index contributed by atoms with van der Waals surface area (Å²) in [7, 11) is -3.54. The second-order valence-corrected chi connectivity index (χ2v) is 7.34. The summed E-state index contributed by atoms with van der Waals surface area (Å²) in [6.07, 6.45) is 1.69. The lowest BCUT2D eigenvalue weighted by Gasteiger charge is -2.24. The van der Waals surface area contributed by atoms with Crippen molar-refractivity contribution in [3.8, 4) is 0 Å². The van der Waals surface area contributed by atoms with Crippen LogP contribution in [0.15, 0.2) is 29.2 Å². The van der Waals surface area contributed by atoms with E-state index in [0.717, 1.165) is 19.4 Å². The molecule has 1 heterocycles. The molecule has 0 aliphatic carbocycles. The van der Waals surface area contributed by atoms with Gasteiger partial charge in [0, 0.05) is 19.7 Å². The van der Waals surface area contributed by atoms with E-state index in [4.69, 9.17) is 16.3 Å². The van der Waals surface area contributed by atoms with Crippen molar-refractivity contribution in [3.63, 3.8) is 0 Å². The van der Waals surface area contributed by atoms with Crippen LogP contribution in [-0.2, 0) is 14.8 Å². The van der Waals surface area contributed by atoms with Crippen LogP contribution in [0.25, 0.3) is 0 Å². The minimum absolute atomic E-state index is 0.189. The van der Waals surface area contributed by atoms with Crippen molar-refractivity contribution >= 4 is 21.6 Å². The van der Waals surface area contributed by atoms with Gasteiger partial charge >= 0.3 is 0 Å². The summed E-state index contributed by atoms with van der Waals surface area (Å²) in [5, 5.41) is 0.274. The Morgan fingerprint density at radius 1 is 1.40 bits per heavy atom. The molecule has 6 heteroatoms. The highest BCUT2D eigenvalue weighted by molar-refractivity contribution is 7.89. The second-order valence-electron chi connectivity index (χ2n) is 5.02. The molecule has 1 aromatic rings. The molecular weight excluding hydrogens is 298 g/mol. The summed E-state index contributed by atoms with van der Waals surface area (Å²) in [5.74, 6) is 0.277. The number of halogens is 1. The molecular formula is C14H20ClNO3S. The van der Waals surface area contributed by atoms with Gasteiger partial charge in [-0.2, -0.15) is 4.31 Å². The number of benzene rings is 1. The molecule has 112 valence electrons. The van der Waals surface area contributed by atoms with Gasteiger partial charge in [-0.25, -0.2) is 8.42 Å². The molecule has 0 radical (unpaired) electrons. The highest BCUT2D eigenvalue weighted by Gasteiger charge is 2.29. The van der Waals surface area contributed by atoms with E-state index in [1.165, 1.54) is 4.31 Å². The van der Waals surface area contributed by atoms with Crippen molar-refractivity contribution in [2.45, 2.75) is 24.7 Å². The molecule has 1 fully saturated rings. The Bertz CT molecular complexity index is 541. The zero-order chi connectivity index (χ0) is 14.6. The molecule has 20 heavy (non-hydrogen) atoms. The summed E-state index contributed by atoms with van der Waals surface area (Å²) in [6.45, 7) is 4.33. The number of nitrogens with zero attached hydrogens (tertiary/aromatic N) is 1. The SMILES string of the molecule is CCCN(CC1CCOC1)S(=O)(=O)c1ccccc1Cl. The quantitative estimate of drug-likeness (QED) is 0.810. The number of ether oxygens (including phenoxy) is 1. The lowest BCUT2D eigenvalue weighted by Crippen LogP contribution is -2.36. The molecule has 0 spiro atoms. The third-order valence-electron chi connectivity index (χ3n) is 3.41. The lowest BCUT2D eigenvalue weighted by atomic mass is 10.1. The molecule has 1 atom stereocenters. The maximum atomic E-state index is 12.7. The van der Waals surface area contributed by atoms with Crippen molar-refractivity contribution in [3.05, 3.63) is 29.3 Å². The molecule has 0 amide bonds. The number of hydrogen-bond donors (Lipinski definition) is 0. The fourth-order valence-corrected chi connectivity index (χ4v) is 4.47. The van der Waals surface area contributed by atoms with Gasteiger partial charge in [-0.3, -0.25) is 0 Å². The average Bonchev–Trinajstić information content (AvgIpc) is 2.91. The maximum absolute atomic E-state index is 12.7. The summed E-state index contributed by atoms with van der Waals surface area (Å²) in [5.41, 5.74) is 0. The minimum Gasteiger partial charge on any atom is -0.381 e. The van der Waals surface area contributed by atoms with Gasteiger partial charge in [0.2, 0.25) is 10.0 Å². The van der Waals surface area contributed by atoms with E-state index in [2.05, 4.69) is 0 Å². The normalized spacial score (nSPS) is 19.6. The molecule has 4 nitrogen and oxygen atoms in total. The van der Waals surface area contributed by atoms with E-state index >= 15 is 0 Å². The summed E-state index contributed by atoms with van der Waals surface area (Å²) >= 11 is 6.04. The second kappa shape index (κ2) is 6.89. The Kier molecular flexibility index (Phi) is 5.43. The van der Waals surface area contributed by atoms with E-state index in [-0.39, 0.29) is 15.8 Å². The van der Waals surface area contributed by atoms with Crippen LogP contribution in [0.5, 0.6) is 0 Å². The van der Waals surface area contributed by atoms with E-state index in [9.17, 15) is 8.42 Å². The highest BCUT2D eigenvalue weighted by Crippen LogP contribution is 2.26.